The van der Waals surface area contributed by atoms with E-state index in [4.69, 9.17) is 16.3 Å². The number of amides is 2. The number of methoxy groups -OCH3 is 1. The minimum Gasteiger partial charge on any atom is -0.495 e. The predicted octanol–water partition coefficient (Wildman–Crippen LogP) is 2.42. The molecule has 0 saturated heterocycles. The number of halogens is 2. The topological polar surface area (TPSA) is 96.0 Å². The lowest BCUT2D eigenvalue weighted by Gasteiger charge is -2.31. The number of hydrogen-bond acceptors (Lipinski definition) is 5. The lowest BCUT2D eigenvalue weighted by Crippen LogP contribution is -2.50. The van der Waals surface area contributed by atoms with Crippen molar-refractivity contribution in [2.75, 3.05) is 31.3 Å². The highest BCUT2D eigenvalue weighted by Gasteiger charge is 2.30. The fourth-order valence-corrected chi connectivity index (χ4v) is 4.10. The van der Waals surface area contributed by atoms with Crippen LogP contribution in [0.25, 0.3) is 0 Å². The fourth-order valence-electron chi connectivity index (χ4n) is 3.00. The molecule has 0 radical (unpaired) electrons. The van der Waals surface area contributed by atoms with Gasteiger partial charge in [-0.15, -0.1) is 0 Å². The van der Waals surface area contributed by atoms with Crippen molar-refractivity contribution in [2.45, 2.75) is 19.5 Å². The summed E-state index contributed by atoms with van der Waals surface area (Å²) in [4.78, 5) is 26.7. The van der Waals surface area contributed by atoms with Gasteiger partial charge in [0.25, 0.3) is 0 Å². The summed E-state index contributed by atoms with van der Waals surface area (Å²) in [5, 5.41) is 2.65. The van der Waals surface area contributed by atoms with Gasteiger partial charge in [0, 0.05) is 13.6 Å². The van der Waals surface area contributed by atoms with Crippen LogP contribution in [0.15, 0.2) is 42.5 Å². The van der Waals surface area contributed by atoms with E-state index in [2.05, 4.69) is 5.32 Å². The third kappa shape index (κ3) is 6.33. The Morgan fingerprint density at radius 1 is 1.19 bits per heavy atom. The second kappa shape index (κ2) is 10.6. The molecule has 1 N–H and O–H groups in total. The number of nitrogens with zero attached hydrogens (tertiary/aromatic N) is 2. The molecule has 32 heavy (non-hydrogen) atoms. The molecule has 2 rings (SSSR count). The van der Waals surface area contributed by atoms with E-state index in [9.17, 15) is 22.4 Å². The molecule has 2 aromatic rings. The van der Waals surface area contributed by atoms with Crippen LogP contribution < -0.4 is 14.4 Å². The summed E-state index contributed by atoms with van der Waals surface area (Å²) in [6.07, 6.45) is 0.963. The Morgan fingerprint density at radius 3 is 2.31 bits per heavy atom. The molecule has 0 spiro atoms. The first kappa shape index (κ1) is 25.4. The summed E-state index contributed by atoms with van der Waals surface area (Å²) in [5.41, 5.74) is 0.745. The number of ether oxygens (including phenoxy) is 1. The monoisotopic (exact) mass is 485 g/mol. The third-order valence-electron chi connectivity index (χ3n) is 4.78. The van der Waals surface area contributed by atoms with Gasteiger partial charge in [-0.25, -0.2) is 12.8 Å². The second-order valence-corrected chi connectivity index (χ2v) is 9.34. The van der Waals surface area contributed by atoms with Crippen LogP contribution in [0.2, 0.25) is 5.02 Å². The molecule has 0 heterocycles. The number of hydrogen-bond donors (Lipinski definition) is 1. The van der Waals surface area contributed by atoms with Crippen LogP contribution in [0, 0.1) is 5.82 Å². The van der Waals surface area contributed by atoms with Crippen LogP contribution in [0.4, 0.5) is 10.1 Å². The molecule has 2 aromatic carbocycles. The van der Waals surface area contributed by atoms with Crippen molar-refractivity contribution in [2.24, 2.45) is 0 Å². The average molecular weight is 486 g/mol. The first-order valence-electron chi connectivity index (χ1n) is 9.54. The second-order valence-electron chi connectivity index (χ2n) is 7.03. The molecule has 0 saturated carbocycles. The van der Waals surface area contributed by atoms with Gasteiger partial charge in [-0.2, -0.15) is 0 Å². The molecule has 174 valence electrons. The maximum atomic E-state index is 13.3. The molecule has 0 unspecified atom stereocenters. The standard InChI is InChI=1S/C21H25ClFN3O5S/c1-14(21(28)24-2)25(12-15-5-7-16(23)8-6-15)20(27)13-26(32(4,29)30)17-9-10-19(31-3)18(22)11-17/h5-11,14H,12-13H2,1-4H3,(H,24,28)/t14-/m1/s1. The zero-order valence-electron chi connectivity index (χ0n) is 18.1. The van der Waals surface area contributed by atoms with E-state index in [0.29, 0.717) is 11.3 Å². The Bertz CT molecular complexity index is 1080. The molecule has 0 aliphatic rings. The highest BCUT2D eigenvalue weighted by Crippen LogP contribution is 2.30. The zero-order valence-corrected chi connectivity index (χ0v) is 19.7. The Kier molecular flexibility index (Phi) is 8.45. The van der Waals surface area contributed by atoms with E-state index in [1.807, 2.05) is 0 Å². The number of likely N-dealkylation sites (N-methyl/N-ethyl adjacent to an activating group) is 1. The van der Waals surface area contributed by atoms with Crippen LogP contribution >= 0.6 is 11.6 Å². The van der Waals surface area contributed by atoms with E-state index >= 15 is 0 Å². The van der Waals surface area contributed by atoms with E-state index in [1.54, 1.807) is 0 Å². The number of sulfonamides is 1. The molecule has 0 aromatic heterocycles. The normalized spacial score (nSPS) is 12.1. The van der Waals surface area contributed by atoms with E-state index < -0.39 is 40.2 Å². The van der Waals surface area contributed by atoms with E-state index in [1.165, 1.54) is 68.4 Å². The van der Waals surface area contributed by atoms with Gasteiger partial charge in [0.2, 0.25) is 21.8 Å². The predicted molar refractivity (Wildman–Crippen MR) is 121 cm³/mol. The summed E-state index contributed by atoms with van der Waals surface area (Å²) >= 11 is 6.13. The van der Waals surface area contributed by atoms with Gasteiger partial charge < -0.3 is 15.0 Å². The summed E-state index contributed by atoms with van der Waals surface area (Å²) in [6.45, 7) is 0.938. The van der Waals surface area contributed by atoms with Gasteiger partial charge in [0.15, 0.2) is 0 Å². The average Bonchev–Trinajstić information content (AvgIpc) is 2.75. The van der Waals surface area contributed by atoms with Crippen molar-refractivity contribution in [3.63, 3.8) is 0 Å². The number of anilines is 1. The van der Waals surface area contributed by atoms with E-state index in [-0.39, 0.29) is 17.3 Å². The van der Waals surface area contributed by atoms with Crippen LogP contribution in [0.3, 0.4) is 0 Å². The molecular weight excluding hydrogens is 461 g/mol. The smallest absolute Gasteiger partial charge is 0.244 e. The van der Waals surface area contributed by atoms with Crippen LogP contribution in [-0.2, 0) is 26.2 Å². The minimum absolute atomic E-state index is 0.0192. The SMILES string of the molecule is CNC(=O)[C@@H](C)N(Cc1ccc(F)cc1)C(=O)CN(c1ccc(OC)c(Cl)c1)S(C)(=O)=O. The van der Waals surface area contributed by atoms with E-state index in [0.717, 1.165) is 10.6 Å². The molecule has 11 heteroatoms. The molecule has 0 fully saturated rings. The highest BCUT2D eigenvalue weighted by atomic mass is 35.5. The molecule has 0 aliphatic carbocycles. The number of benzene rings is 2. The van der Waals surface area contributed by atoms with Crippen molar-refractivity contribution in [1.82, 2.24) is 10.2 Å². The molecule has 1 atom stereocenters. The van der Waals surface area contributed by atoms with Gasteiger partial charge in [-0.3, -0.25) is 13.9 Å². The van der Waals surface area contributed by atoms with Crippen LogP contribution in [0.5, 0.6) is 5.75 Å². The van der Waals surface area contributed by atoms with Crippen LogP contribution in [-0.4, -0.2) is 58.1 Å². The molecule has 2 amide bonds. The highest BCUT2D eigenvalue weighted by molar-refractivity contribution is 7.92. The minimum atomic E-state index is -3.88. The van der Waals surface area contributed by atoms with Gasteiger partial charge in [0.05, 0.1) is 24.1 Å². The maximum Gasteiger partial charge on any atom is 0.244 e. The fraction of sp³-hybridized carbons (Fsp3) is 0.333. The Labute approximate surface area is 192 Å². The lowest BCUT2D eigenvalue weighted by atomic mass is 10.1. The number of carbonyl (C=O) groups excluding carboxylic acids is 2. The first-order chi connectivity index (χ1) is 15.0. The third-order valence-corrected chi connectivity index (χ3v) is 6.22. The number of carbonyl (C=O) groups is 2. The Balaban J connectivity index is 2.39. The van der Waals surface area contributed by atoms with Crippen molar-refractivity contribution in [3.05, 3.63) is 58.9 Å². The van der Waals surface area contributed by atoms with Crippen molar-refractivity contribution < 1.29 is 27.1 Å². The van der Waals surface area contributed by atoms with Gasteiger partial charge in [0.1, 0.15) is 24.2 Å². The summed E-state index contributed by atoms with van der Waals surface area (Å²) in [5.74, 6) is -1.14. The number of nitrogens with one attached hydrogen (secondary N) is 1. The van der Waals surface area contributed by atoms with Crippen LogP contribution in [0.1, 0.15) is 12.5 Å². The summed E-state index contributed by atoms with van der Waals surface area (Å²) in [6, 6.07) is 8.89. The zero-order chi connectivity index (χ0) is 24.1. The van der Waals surface area contributed by atoms with Crippen molar-refractivity contribution in [3.8, 4) is 5.75 Å². The Morgan fingerprint density at radius 2 is 1.81 bits per heavy atom. The number of rotatable bonds is 9. The van der Waals surface area contributed by atoms with Gasteiger partial charge in [-0.05, 0) is 42.8 Å². The van der Waals surface area contributed by atoms with Crippen molar-refractivity contribution >= 4 is 39.1 Å². The first-order valence-corrected chi connectivity index (χ1v) is 11.8. The Hall–Kier alpha value is -2.85. The quantitative estimate of drug-likeness (QED) is 0.588. The largest absolute Gasteiger partial charge is 0.495 e. The van der Waals surface area contributed by atoms with Gasteiger partial charge >= 0.3 is 0 Å². The van der Waals surface area contributed by atoms with Gasteiger partial charge in [-0.1, -0.05) is 23.7 Å². The summed E-state index contributed by atoms with van der Waals surface area (Å²) < 4.78 is 44.2. The molecule has 0 bridgehead atoms. The molecule has 0 aliphatic heterocycles. The molecular formula is C21H25ClFN3O5S. The lowest BCUT2D eigenvalue weighted by molar-refractivity contribution is -0.139. The molecule has 8 nitrogen and oxygen atoms in total. The maximum absolute atomic E-state index is 13.3. The van der Waals surface area contributed by atoms with Crippen molar-refractivity contribution in [1.29, 1.82) is 0 Å². The summed E-state index contributed by atoms with van der Waals surface area (Å²) in [7, 11) is -1.02.